The highest BCUT2D eigenvalue weighted by atomic mass is 35.5. The molecule has 0 amide bonds. The number of aryl methyl sites for hydroxylation is 1. The Morgan fingerprint density at radius 3 is 2.43 bits per heavy atom. The highest BCUT2D eigenvalue weighted by Gasteiger charge is 2.31. The van der Waals surface area contributed by atoms with Gasteiger partial charge in [0, 0.05) is 6.20 Å². The molecule has 2 aromatic rings. The van der Waals surface area contributed by atoms with Gasteiger partial charge in [-0.25, -0.2) is 10.4 Å². The number of nitrogens with one attached hydrogen (secondary N) is 1. The van der Waals surface area contributed by atoms with Crippen LogP contribution in [0.15, 0.2) is 36.5 Å². The van der Waals surface area contributed by atoms with Crippen molar-refractivity contribution in [2.24, 2.45) is 5.84 Å². The molecule has 1 aromatic heterocycles. The maximum Gasteiger partial charge on any atom is 0.416 e. The van der Waals surface area contributed by atoms with Gasteiger partial charge in [-0.2, -0.15) is 13.2 Å². The first-order valence-corrected chi connectivity index (χ1v) is 6.46. The van der Waals surface area contributed by atoms with Crippen LogP contribution in [0.2, 0.25) is 5.15 Å². The van der Waals surface area contributed by atoms with Crippen LogP contribution in [-0.4, -0.2) is 4.98 Å². The zero-order chi connectivity index (χ0) is 15.6. The summed E-state index contributed by atoms with van der Waals surface area (Å²) in [6, 6.07) is 6.41. The second kappa shape index (κ2) is 6.01. The molecular weight excluding hydrogens is 303 g/mol. The smallest absolute Gasteiger partial charge is 0.271 e. The molecular formula is C14H13ClF3N3. The zero-order valence-electron chi connectivity index (χ0n) is 11.1. The lowest BCUT2D eigenvalue weighted by molar-refractivity contribution is -0.137. The lowest BCUT2D eigenvalue weighted by Gasteiger charge is -2.20. The van der Waals surface area contributed by atoms with Gasteiger partial charge in [-0.05, 0) is 41.8 Å². The van der Waals surface area contributed by atoms with Crippen molar-refractivity contribution in [3.63, 3.8) is 0 Å². The van der Waals surface area contributed by atoms with Gasteiger partial charge in [0.05, 0.1) is 11.6 Å². The zero-order valence-corrected chi connectivity index (χ0v) is 11.8. The molecule has 0 radical (unpaired) electrons. The lowest BCUT2D eigenvalue weighted by atomic mass is 9.95. The number of pyridine rings is 1. The minimum absolute atomic E-state index is 0.332. The van der Waals surface area contributed by atoms with Gasteiger partial charge in [-0.15, -0.1) is 0 Å². The molecule has 2 rings (SSSR count). The fourth-order valence-electron chi connectivity index (χ4n) is 2.10. The number of halogens is 4. The number of aromatic nitrogens is 1. The number of hydrogen-bond acceptors (Lipinski definition) is 3. The first kappa shape index (κ1) is 15.8. The van der Waals surface area contributed by atoms with Crippen molar-refractivity contribution in [1.82, 2.24) is 10.4 Å². The summed E-state index contributed by atoms with van der Waals surface area (Å²) in [6.07, 6.45) is -2.83. The number of nitrogens with zero attached hydrogens (tertiary/aromatic N) is 1. The van der Waals surface area contributed by atoms with E-state index in [9.17, 15) is 13.2 Å². The third-order valence-electron chi connectivity index (χ3n) is 3.16. The van der Waals surface area contributed by atoms with Crippen LogP contribution < -0.4 is 11.3 Å². The molecule has 112 valence electrons. The third-order valence-corrected chi connectivity index (χ3v) is 3.38. The first-order valence-electron chi connectivity index (χ1n) is 6.08. The van der Waals surface area contributed by atoms with E-state index in [1.165, 1.54) is 12.3 Å². The summed E-state index contributed by atoms with van der Waals surface area (Å²) in [6.45, 7) is 1.61. The number of alkyl halides is 3. The topological polar surface area (TPSA) is 50.9 Å². The molecule has 0 bridgehead atoms. The van der Waals surface area contributed by atoms with Crippen LogP contribution in [0.4, 0.5) is 13.2 Å². The summed E-state index contributed by atoms with van der Waals surface area (Å²) < 4.78 is 38.1. The van der Waals surface area contributed by atoms with E-state index in [4.69, 9.17) is 17.4 Å². The molecule has 7 heteroatoms. The third kappa shape index (κ3) is 3.53. The number of hydrazine groups is 1. The number of hydrogen-bond donors (Lipinski definition) is 2. The Balaban J connectivity index is 2.41. The molecule has 0 aliphatic rings. The van der Waals surface area contributed by atoms with E-state index in [2.05, 4.69) is 10.4 Å². The Bertz CT molecular complexity index is 626. The van der Waals surface area contributed by atoms with Gasteiger partial charge in [-0.3, -0.25) is 5.84 Å². The molecule has 0 aliphatic heterocycles. The van der Waals surface area contributed by atoms with Crippen molar-refractivity contribution in [1.29, 1.82) is 0 Å². The van der Waals surface area contributed by atoms with Gasteiger partial charge in [0.2, 0.25) is 0 Å². The van der Waals surface area contributed by atoms with Gasteiger partial charge in [0.15, 0.2) is 0 Å². The molecule has 0 saturated carbocycles. The number of rotatable bonds is 3. The fourth-order valence-corrected chi connectivity index (χ4v) is 2.21. The molecule has 3 N–H and O–H groups in total. The molecule has 0 saturated heterocycles. The number of nitrogens with two attached hydrogens (primary N) is 1. The van der Waals surface area contributed by atoms with Gasteiger partial charge in [0.1, 0.15) is 5.15 Å². The predicted octanol–water partition coefficient (Wildman–Crippen LogP) is 3.61. The molecule has 1 atom stereocenters. The van der Waals surface area contributed by atoms with Crippen molar-refractivity contribution < 1.29 is 13.2 Å². The second-order valence-electron chi connectivity index (χ2n) is 4.58. The summed E-state index contributed by atoms with van der Waals surface area (Å²) >= 11 is 5.72. The van der Waals surface area contributed by atoms with Crippen LogP contribution in [0.1, 0.15) is 28.3 Å². The molecule has 21 heavy (non-hydrogen) atoms. The van der Waals surface area contributed by atoms with Crippen LogP contribution in [0.25, 0.3) is 0 Å². The largest absolute Gasteiger partial charge is 0.416 e. The van der Waals surface area contributed by atoms with Crippen molar-refractivity contribution in [3.8, 4) is 0 Å². The van der Waals surface area contributed by atoms with Gasteiger partial charge in [-0.1, -0.05) is 23.7 Å². The number of benzene rings is 1. The van der Waals surface area contributed by atoms with E-state index < -0.39 is 17.8 Å². The highest BCUT2D eigenvalue weighted by Crippen LogP contribution is 2.32. The second-order valence-corrected chi connectivity index (χ2v) is 4.97. The summed E-state index contributed by atoms with van der Waals surface area (Å²) in [5.41, 5.74) is 3.75. The summed E-state index contributed by atoms with van der Waals surface area (Å²) in [5, 5.41) is 0.332. The van der Waals surface area contributed by atoms with E-state index in [1.54, 1.807) is 19.1 Å². The van der Waals surface area contributed by atoms with Crippen LogP contribution in [-0.2, 0) is 6.18 Å². The monoisotopic (exact) mass is 315 g/mol. The minimum Gasteiger partial charge on any atom is -0.271 e. The summed E-state index contributed by atoms with van der Waals surface area (Å²) in [4.78, 5) is 3.95. The molecule has 1 unspecified atom stereocenters. The Morgan fingerprint density at radius 1 is 1.24 bits per heavy atom. The average molecular weight is 316 g/mol. The van der Waals surface area contributed by atoms with E-state index >= 15 is 0 Å². The molecule has 3 nitrogen and oxygen atoms in total. The van der Waals surface area contributed by atoms with Crippen molar-refractivity contribution in [3.05, 3.63) is 63.9 Å². The Kier molecular flexibility index (Phi) is 4.51. The summed E-state index contributed by atoms with van der Waals surface area (Å²) in [5.74, 6) is 5.53. The normalized spacial score (nSPS) is 13.2. The van der Waals surface area contributed by atoms with Crippen LogP contribution in [0, 0.1) is 6.92 Å². The van der Waals surface area contributed by atoms with Gasteiger partial charge < -0.3 is 0 Å². The fraction of sp³-hybridized carbons (Fsp3) is 0.214. The first-order chi connectivity index (χ1) is 9.82. The minimum atomic E-state index is -4.36. The predicted molar refractivity (Wildman–Crippen MR) is 74.6 cm³/mol. The lowest BCUT2D eigenvalue weighted by Crippen LogP contribution is -2.29. The molecule has 0 aliphatic carbocycles. The average Bonchev–Trinajstić information content (AvgIpc) is 2.42. The Hall–Kier alpha value is -1.63. The highest BCUT2D eigenvalue weighted by molar-refractivity contribution is 6.29. The van der Waals surface area contributed by atoms with Gasteiger partial charge >= 0.3 is 6.18 Å². The maximum atomic E-state index is 12.7. The van der Waals surface area contributed by atoms with E-state index in [0.717, 1.165) is 12.1 Å². The van der Waals surface area contributed by atoms with Gasteiger partial charge in [0.25, 0.3) is 0 Å². The molecule has 1 aromatic carbocycles. The Labute approximate surface area is 124 Å². The molecule has 0 fully saturated rings. The summed E-state index contributed by atoms with van der Waals surface area (Å²) in [7, 11) is 0. The maximum absolute atomic E-state index is 12.7. The molecule has 1 heterocycles. The molecule has 0 spiro atoms. The van der Waals surface area contributed by atoms with E-state index in [0.29, 0.717) is 21.8 Å². The van der Waals surface area contributed by atoms with Crippen molar-refractivity contribution in [2.45, 2.75) is 19.1 Å². The quantitative estimate of drug-likeness (QED) is 0.517. The van der Waals surface area contributed by atoms with Crippen molar-refractivity contribution >= 4 is 11.6 Å². The Morgan fingerprint density at radius 2 is 1.95 bits per heavy atom. The van der Waals surface area contributed by atoms with Crippen LogP contribution in [0.5, 0.6) is 0 Å². The van der Waals surface area contributed by atoms with Crippen LogP contribution in [0.3, 0.4) is 0 Å². The van der Waals surface area contributed by atoms with Crippen LogP contribution >= 0.6 is 11.6 Å². The van der Waals surface area contributed by atoms with E-state index in [-0.39, 0.29) is 0 Å². The standard InChI is InChI=1S/C14H13ClF3N3/c1-8-6-10(14(16,17)18)3-4-11(8)13(21-19)9-2-5-12(15)20-7-9/h2-7,13,21H,19H2,1H3. The van der Waals surface area contributed by atoms with Crippen molar-refractivity contribution in [2.75, 3.05) is 0 Å². The SMILES string of the molecule is Cc1cc(C(F)(F)F)ccc1C(NN)c1ccc(Cl)nc1. The van der Waals surface area contributed by atoms with E-state index in [1.807, 2.05) is 0 Å².